The van der Waals surface area contributed by atoms with Crippen LogP contribution in [-0.2, 0) is 9.47 Å². The first kappa shape index (κ1) is 26.0. The van der Waals surface area contributed by atoms with Crippen molar-refractivity contribution in [3.8, 4) is 11.3 Å². The van der Waals surface area contributed by atoms with Crippen molar-refractivity contribution in [2.75, 3.05) is 51.0 Å². The van der Waals surface area contributed by atoms with E-state index in [1.165, 1.54) is 5.69 Å². The third-order valence-corrected chi connectivity index (χ3v) is 9.66. The number of benzene rings is 2. The molecule has 4 aliphatic heterocycles. The topological polar surface area (TPSA) is 103 Å². The minimum Gasteiger partial charge on any atom is -0.393 e. The SMILES string of the molecule is O=C(NCC1(N2CCOCC2)CCOCC1)c1ccc2[nH]nc(-c3ccc(N4[C@@H]5CC[C@H]4CC(O)C5)cc3)c2c1. The fourth-order valence-electron chi connectivity index (χ4n) is 7.48. The molecule has 1 amide bonds. The highest BCUT2D eigenvalue weighted by Gasteiger charge is 2.41. The molecule has 4 saturated heterocycles. The summed E-state index contributed by atoms with van der Waals surface area (Å²) in [6.07, 6.45) is 5.67. The first-order chi connectivity index (χ1) is 19.6. The molecule has 9 nitrogen and oxygen atoms in total. The molecule has 0 radical (unpaired) electrons. The number of nitrogens with zero attached hydrogens (tertiary/aromatic N) is 3. The van der Waals surface area contributed by atoms with Gasteiger partial charge >= 0.3 is 0 Å². The highest BCUT2D eigenvalue weighted by Crippen LogP contribution is 2.40. The number of hydrogen-bond acceptors (Lipinski definition) is 7. The minimum atomic E-state index is -0.170. The van der Waals surface area contributed by atoms with Crippen molar-refractivity contribution >= 4 is 22.5 Å². The summed E-state index contributed by atoms with van der Waals surface area (Å²) >= 11 is 0. The Hall–Kier alpha value is -2.98. The van der Waals surface area contributed by atoms with Crippen molar-refractivity contribution in [1.29, 1.82) is 0 Å². The van der Waals surface area contributed by atoms with Gasteiger partial charge in [-0.05, 0) is 68.9 Å². The zero-order valence-corrected chi connectivity index (χ0v) is 23.0. The van der Waals surface area contributed by atoms with Crippen LogP contribution in [0, 0.1) is 0 Å². The van der Waals surface area contributed by atoms with Crippen LogP contribution in [-0.4, -0.2) is 95.9 Å². The molecule has 212 valence electrons. The summed E-state index contributed by atoms with van der Waals surface area (Å²) < 4.78 is 11.3. The Balaban J connectivity index is 1.09. The van der Waals surface area contributed by atoms with Crippen molar-refractivity contribution in [3.05, 3.63) is 48.0 Å². The Kier molecular flexibility index (Phi) is 6.99. The number of nitrogens with one attached hydrogen (secondary N) is 2. The van der Waals surface area contributed by atoms with E-state index < -0.39 is 0 Å². The lowest BCUT2D eigenvalue weighted by molar-refractivity contribution is -0.0693. The first-order valence-corrected chi connectivity index (χ1v) is 14.8. The summed E-state index contributed by atoms with van der Waals surface area (Å²) in [6.45, 7) is 5.29. The van der Waals surface area contributed by atoms with Crippen LogP contribution in [0.2, 0.25) is 0 Å². The Bertz CT molecular complexity index is 1330. The number of aliphatic hydroxyl groups is 1. The number of rotatable bonds is 6. The van der Waals surface area contributed by atoms with E-state index in [0.717, 1.165) is 100 Å². The van der Waals surface area contributed by atoms with Gasteiger partial charge < -0.3 is 24.8 Å². The maximum absolute atomic E-state index is 13.4. The van der Waals surface area contributed by atoms with E-state index in [-0.39, 0.29) is 17.6 Å². The number of carbonyl (C=O) groups is 1. The Labute approximate surface area is 234 Å². The van der Waals surface area contributed by atoms with E-state index in [9.17, 15) is 9.90 Å². The highest BCUT2D eigenvalue weighted by atomic mass is 16.5. The zero-order valence-electron chi connectivity index (χ0n) is 23.0. The van der Waals surface area contributed by atoms with Crippen molar-refractivity contribution < 1.29 is 19.4 Å². The van der Waals surface area contributed by atoms with Crippen LogP contribution < -0.4 is 10.2 Å². The van der Waals surface area contributed by atoms with E-state index >= 15 is 0 Å². The monoisotopic (exact) mass is 545 g/mol. The predicted octanol–water partition coefficient (Wildman–Crippen LogP) is 3.33. The third kappa shape index (κ3) is 4.79. The maximum Gasteiger partial charge on any atom is 0.251 e. The second-order valence-electron chi connectivity index (χ2n) is 11.9. The predicted molar refractivity (Wildman–Crippen MR) is 154 cm³/mol. The van der Waals surface area contributed by atoms with Gasteiger partial charge in [-0.2, -0.15) is 5.10 Å². The molecule has 0 saturated carbocycles. The van der Waals surface area contributed by atoms with Crippen LogP contribution >= 0.6 is 0 Å². The summed E-state index contributed by atoms with van der Waals surface area (Å²) in [5.74, 6) is -0.0636. The highest BCUT2D eigenvalue weighted by molar-refractivity contribution is 6.01. The van der Waals surface area contributed by atoms with Crippen LogP contribution in [0.3, 0.4) is 0 Å². The molecule has 1 unspecified atom stereocenters. The molecule has 40 heavy (non-hydrogen) atoms. The lowest BCUT2D eigenvalue weighted by atomic mass is 9.87. The Morgan fingerprint density at radius 1 is 1.00 bits per heavy atom. The zero-order chi connectivity index (χ0) is 27.1. The van der Waals surface area contributed by atoms with Gasteiger partial charge in [0.1, 0.15) is 0 Å². The van der Waals surface area contributed by atoms with Crippen molar-refractivity contribution in [2.24, 2.45) is 0 Å². The molecular weight excluding hydrogens is 506 g/mol. The van der Waals surface area contributed by atoms with Gasteiger partial charge in [0.25, 0.3) is 5.91 Å². The fraction of sp³-hybridized carbons (Fsp3) is 0.548. The number of amides is 1. The molecule has 4 aliphatic rings. The normalized spacial score (nSPS) is 26.7. The van der Waals surface area contributed by atoms with E-state index in [4.69, 9.17) is 9.47 Å². The molecule has 0 aliphatic carbocycles. The number of piperidine rings is 1. The number of H-pyrrole nitrogens is 1. The second-order valence-corrected chi connectivity index (χ2v) is 11.9. The molecule has 3 aromatic rings. The average Bonchev–Trinajstić information content (AvgIpc) is 3.55. The molecule has 7 rings (SSSR count). The van der Waals surface area contributed by atoms with Crippen LogP contribution in [0.4, 0.5) is 5.69 Å². The average molecular weight is 546 g/mol. The standard InChI is InChI=1S/C31H39N5O4/c37-26-18-24-6-7-25(19-26)36(24)23-4-1-21(2-5-23)29-27-17-22(3-8-28(27)33-34-29)30(38)32-20-31(9-13-39-14-10-31)35-11-15-40-16-12-35/h1-5,8,17,24-26,37H,6-7,9-16,18-20H2,(H,32,38)(H,33,34)/t24-,25+,26?. The molecule has 1 aromatic heterocycles. The molecule has 3 atom stereocenters. The van der Waals surface area contributed by atoms with E-state index in [0.29, 0.717) is 24.2 Å². The van der Waals surface area contributed by atoms with E-state index in [2.05, 4.69) is 49.6 Å². The van der Waals surface area contributed by atoms with Crippen LogP contribution in [0.25, 0.3) is 22.2 Å². The van der Waals surface area contributed by atoms with Gasteiger partial charge in [0, 0.05) is 72.7 Å². The number of hydrogen-bond donors (Lipinski definition) is 3. The lowest BCUT2D eigenvalue weighted by Crippen LogP contribution is -2.61. The largest absolute Gasteiger partial charge is 0.393 e. The van der Waals surface area contributed by atoms with Crippen LogP contribution in [0.1, 0.15) is 48.9 Å². The van der Waals surface area contributed by atoms with Crippen molar-refractivity contribution in [2.45, 2.75) is 62.3 Å². The summed E-state index contributed by atoms with van der Waals surface area (Å²) in [5, 5.41) is 22.1. The molecule has 3 N–H and O–H groups in total. The lowest BCUT2D eigenvalue weighted by Gasteiger charge is -2.47. The second kappa shape index (κ2) is 10.8. The molecule has 0 spiro atoms. The summed E-state index contributed by atoms with van der Waals surface area (Å²) in [5.41, 5.74) is 4.54. The number of anilines is 1. The third-order valence-electron chi connectivity index (χ3n) is 9.66. The van der Waals surface area contributed by atoms with Gasteiger partial charge in [0.2, 0.25) is 0 Å². The Morgan fingerprint density at radius 3 is 2.42 bits per heavy atom. The van der Waals surface area contributed by atoms with E-state index in [1.54, 1.807) is 0 Å². The van der Waals surface area contributed by atoms with Crippen LogP contribution in [0.5, 0.6) is 0 Å². The number of carbonyl (C=O) groups excluding carboxylic acids is 1. The quantitative estimate of drug-likeness (QED) is 0.437. The number of morpholine rings is 1. The summed E-state index contributed by atoms with van der Waals surface area (Å²) in [6, 6.07) is 15.2. The smallest absolute Gasteiger partial charge is 0.251 e. The molecule has 5 heterocycles. The molecule has 4 fully saturated rings. The number of fused-ring (bicyclic) bond motifs is 3. The number of aliphatic hydroxyl groups excluding tert-OH is 1. The Morgan fingerprint density at radius 2 is 1.70 bits per heavy atom. The van der Waals surface area contributed by atoms with Crippen molar-refractivity contribution in [3.63, 3.8) is 0 Å². The first-order valence-electron chi connectivity index (χ1n) is 14.8. The maximum atomic E-state index is 13.4. The molecular formula is C31H39N5O4. The van der Waals surface area contributed by atoms with Gasteiger partial charge in [-0.1, -0.05) is 12.1 Å². The van der Waals surface area contributed by atoms with Gasteiger partial charge in [0.05, 0.1) is 30.5 Å². The fourth-order valence-corrected chi connectivity index (χ4v) is 7.48. The van der Waals surface area contributed by atoms with Crippen LogP contribution in [0.15, 0.2) is 42.5 Å². The van der Waals surface area contributed by atoms with Gasteiger partial charge in [-0.3, -0.25) is 14.8 Å². The van der Waals surface area contributed by atoms with E-state index in [1.807, 2.05) is 18.2 Å². The summed E-state index contributed by atoms with van der Waals surface area (Å²) in [7, 11) is 0. The van der Waals surface area contributed by atoms with Gasteiger partial charge in [-0.25, -0.2) is 0 Å². The van der Waals surface area contributed by atoms with Gasteiger partial charge in [0.15, 0.2) is 0 Å². The number of ether oxygens (including phenoxy) is 2. The minimum absolute atomic E-state index is 0.0636. The molecule has 2 aromatic carbocycles. The number of aromatic nitrogens is 2. The summed E-state index contributed by atoms with van der Waals surface area (Å²) in [4.78, 5) is 18.4. The molecule has 9 heteroatoms. The van der Waals surface area contributed by atoms with Crippen molar-refractivity contribution in [1.82, 2.24) is 20.4 Å². The van der Waals surface area contributed by atoms with Gasteiger partial charge in [-0.15, -0.1) is 0 Å². The molecule has 2 bridgehead atoms. The number of aromatic amines is 1.